The Morgan fingerprint density at radius 1 is 1.32 bits per heavy atom. The summed E-state index contributed by atoms with van der Waals surface area (Å²) < 4.78 is 11.8. The van der Waals surface area contributed by atoms with Crippen LogP contribution in [0.4, 0.5) is 0 Å². The molecule has 3 N–H and O–H groups in total. The molecule has 0 fully saturated rings. The molecule has 7 heteroatoms. The number of H-pyrrole nitrogens is 1. The van der Waals surface area contributed by atoms with Crippen molar-refractivity contribution in [3.05, 3.63) is 58.2 Å². The first kappa shape index (κ1) is 20.2. The largest absolute Gasteiger partial charge is 0.493 e. The van der Waals surface area contributed by atoms with Crippen molar-refractivity contribution in [3.63, 3.8) is 0 Å². The van der Waals surface area contributed by atoms with Crippen LogP contribution >= 0.6 is 15.9 Å². The minimum absolute atomic E-state index is 0.384. The first-order chi connectivity index (χ1) is 13.5. The zero-order chi connectivity index (χ0) is 20.1. The quantitative estimate of drug-likeness (QED) is 0.460. The number of hydrogen-bond acceptors (Lipinski definition) is 4. The Bertz CT molecular complexity index is 970. The van der Waals surface area contributed by atoms with Crippen LogP contribution in [-0.2, 0) is 17.8 Å². The van der Waals surface area contributed by atoms with E-state index >= 15 is 0 Å². The number of halogens is 1. The summed E-state index contributed by atoms with van der Waals surface area (Å²) in [7, 11) is 1.58. The molecule has 148 valence electrons. The second-order valence-corrected chi connectivity index (χ2v) is 7.23. The first-order valence-corrected chi connectivity index (χ1v) is 9.83. The molecule has 2 aromatic carbocycles. The van der Waals surface area contributed by atoms with Crippen LogP contribution < -0.4 is 14.8 Å². The van der Waals surface area contributed by atoms with Gasteiger partial charge in [0.15, 0.2) is 11.5 Å². The number of para-hydroxylation sites is 1. The second kappa shape index (κ2) is 9.12. The number of carboxylic acids is 1. The lowest BCUT2D eigenvalue weighted by atomic mass is 10.0. The predicted octanol–water partition coefficient (Wildman–Crippen LogP) is 4.12. The summed E-state index contributed by atoms with van der Waals surface area (Å²) in [5.41, 5.74) is 2.88. The Balaban J connectivity index is 1.75. The Morgan fingerprint density at radius 3 is 2.82 bits per heavy atom. The van der Waals surface area contributed by atoms with E-state index in [0.29, 0.717) is 31.1 Å². The Kier molecular flexibility index (Phi) is 6.59. The normalized spacial score (nSPS) is 12.1. The number of rotatable bonds is 9. The zero-order valence-corrected chi connectivity index (χ0v) is 17.4. The van der Waals surface area contributed by atoms with Gasteiger partial charge in [0.25, 0.3) is 0 Å². The number of carbonyl (C=O) groups is 1. The SMILES string of the molecule is CCOc1c(Br)cc(CNC(Cc2c[nH]c3ccccc23)C(=O)O)cc1OC. The van der Waals surface area contributed by atoms with Gasteiger partial charge in [0, 0.05) is 30.1 Å². The highest BCUT2D eigenvalue weighted by molar-refractivity contribution is 9.10. The molecule has 0 aliphatic heterocycles. The summed E-state index contributed by atoms with van der Waals surface area (Å²) in [6.07, 6.45) is 2.26. The molecule has 0 radical (unpaired) electrons. The number of nitrogens with one attached hydrogen (secondary N) is 2. The molecule has 0 aliphatic carbocycles. The minimum atomic E-state index is -0.887. The molecular weight excluding hydrogens is 424 g/mol. The van der Waals surface area contributed by atoms with Crippen molar-refractivity contribution >= 4 is 32.8 Å². The van der Waals surface area contributed by atoms with E-state index in [1.807, 2.05) is 49.5 Å². The summed E-state index contributed by atoms with van der Waals surface area (Å²) in [6.45, 7) is 2.82. The number of aromatic amines is 1. The molecule has 1 aromatic heterocycles. The summed E-state index contributed by atoms with van der Waals surface area (Å²) in [6, 6.07) is 10.9. The van der Waals surface area contributed by atoms with Gasteiger partial charge < -0.3 is 24.9 Å². The predicted molar refractivity (Wildman–Crippen MR) is 112 cm³/mol. The first-order valence-electron chi connectivity index (χ1n) is 9.03. The third-order valence-electron chi connectivity index (χ3n) is 4.53. The molecule has 0 saturated heterocycles. The molecule has 0 aliphatic rings. The highest BCUT2D eigenvalue weighted by Crippen LogP contribution is 2.36. The number of hydrogen-bond donors (Lipinski definition) is 3. The van der Waals surface area contributed by atoms with Crippen molar-refractivity contribution in [1.82, 2.24) is 10.3 Å². The summed E-state index contributed by atoms with van der Waals surface area (Å²) in [4.78, 5) is 15.0. The molecule has 0 saturated carbocycles. The Morgan fingerprint density at radius 2 is 2.11 bits per heavy atom. The topological polar surface area (TPSA) is 83.6 Å². The van der Waals surface area contributed by atoms with Gasteiger partial charge in [0.2, 0.25) is 0 Å². The number of aromatic nitrogens is 1. The van der Waals surface area contributed by atoms with Crippen LogP contribution in [0.5, 0.6) is 11.5 Å². The molecule has 0 spiro atoms. The van der Waals surface area contributed by atoms with Gasteiger partial charge in [-0.1, -0.05) is 18.2 Å². The van der Waals surface area contributed by atoms with Crippen molar-refractivity contribution in [1.29, 1.82) is 0 Å². The van der Waals surface area contributed by atoms with Gasteiger partial charge >= 0.3 is 5.97 Å². The highest BCUT2D eigenvalue weighted by Gasteiger charge is 2.20. The number of benzene rings is 2. The van der Waals surface area contributed by atoms with E-state index in [9.17, 15) is 9.90 Å². The van der Waals surface area contributed by atoms with Gasteiger partial charge in [-0.05, 0) is 52.2 Å². The fourth-order valence-electron chi connectivity index (χ4n) is 3.17. The van der Waals surface area contributed by atoms with Gasteiger partial charge in [-0.3, -0.25) is 4.79 Å². The minimum Gasteiger partial charge on any atom is -0.493 e. The number of aliphatic carboxylic acids is 1. The van der Waals surface area contributed by atoms with E-state index in [2.05, 4.69) is 26.2 Å². The lowest BCUT2D eigenvalue weighted by Gasteiger charge is -2.17. The van der Waals surface area contributed by atoms with Crippen LogP contribution in [0.25, 0.3) is 10.9 Å². The Labute approximate surface area is 172 Å². The summed E-state index contributed by atoms with van der Waals surface area (Å²) in [5, 5.41) is 13.8. The lowest BCUT2D eigenvalue weighted by Crippen LogP contribution is -2.38. The number of fused-ring (bicyclic) bond motifs is 1. The smallest absolute Gasteiger partial charge is 0.321 e. The van der Waals surface area contributed by atoms with Crippen LogP contribution in [0, 0.1) is 0 Å². The van der Waals surface area contributed by atoms with Crippen molar-refractivity contribution in [2.24, 2.45) is 0 Å². The van der Waals surface area contributed by atoms with Crippen LogP contribution in [0.15, 0.2) is 47.1 Å². The molecule has 1 atom stereocenters. The standard InChI is InChI=1S/C21H23BrN2O4/c1-3-28-20-16(22)8-13(9-19(20)27-2)11-23-18(21(25)26)10-14-12-24-17-7-5-4-6-15(14)17/h4-9,12,18,23-24H,3,10-11H2,1-2H3,(H,25,26). The van der Waals surface area contributed by atoms with E-state index in [4.69, 9.17) is 9.47 Å². The van der Waals surface area contributed by atoms with E-state index in [1.54, 1.807) is 7.11 Å². The zero-order valence-electron chi connectivity index (χ0n) is 15.8. The van der Waals surface area contributed by atoms with Crippen molar-refractivity contribution < 1.29 is 19.4 Å². The van der Waals surface area contributed by atoms with Gasteiger partial charge in [0.1, 0.15) is 6.04 Å². The number of carboxylic acid groups (broad SMARTS) is 1. The maximum absolute atomic E-state index is 11.8. The van der Waals surface area contributed by atoms with Crippen molar-refractivity contribution in [3.8, 4) is 11.5 Å². The number of ether oxygens (including phenoxy) is 2. The molecule has 3 rings (SSSR count). The van der Waals surface area contributed by atoms with Crippen LogP contribution in [0.1, 0.15) is 18.1 Å². The maximum Gasteiger partial charge on any atom is 0.321 e. The molecule has 3 aromatic rings. The summed E-state index contributed by atoms with van der Waals surface area (Å²) in [5.74, 6) is 0.362. The third kappa shape index (κ3) is 4.48. The van der Waals surface area contributed by atoms with Crippen LogP contribution in [0.2, 0.25) is 0 Å². The molecule has 0 amide bonds. The van der Waals surface area contributed by atoms with Crippen LogP contribution in [0.3, 0.4) is 0 Å². The third-order valence-corrected chi connectivity index (χ3v) is 5.12. The molecular formula is C21H23BrN2O4. The van der Waals surface area contributed by atoms with Gasteiger partial charge in [-0.25, -0.2) is 0 Å². The fraction of sp³-hybridized carbons (Fsp3) is 0.286. The molecule has 6 nitrogen and oxygen atoms in total. The van der Waals surface area contributed by atoms with Gasteiger partial charge in [-0.15, -0.1) is 0 Å². The number of methoxy groups -OCH3 is 1. The van der Waals surface area contributed by atoms with E-state index in [1.165, 1.54) is 0 Å². The van der Waals surface area contributed by atoms with E-state index in [-0.39, 0.29) is 0 Å². The average Bonchev–Trinajstić information content (AvgIpc) is 3.09. The second-order valence-electron chi connectivity index (χ2n) is 6.38. The van der Waals surface area contributed by atoms with Crippen LogP contribution in [-0.4, -0.2) is 35.8 Å². The van der Waals surface area contributed by atoms with Crippen molar-refractivity contribution in [2.75, 3.05) is 13.7 Å². The molecule has 0 bridgehead atoms. The fourth-order valence-corrected chi connectivity index (χ4v) is 3.77. The monoisotopic (exact) mass is 446 g/mol. The van der Waals surface area contributed by atoms with Crippen molar-refractivity contribution in [2.45, 2.75) is 25.9 Å². The van der Waals surface area contributed by atoms with E-state index < -0.39 is 12.0 Å². The highest BCUT2D eigenvalue weighted by atomic mass is 79.9. The van der Waals surface area contributed by atoms with Gasteiger partial charge in [0.05, 0.1) is 18.2 Å². The van der Waals surface area contributed by atoms with Gasteiger partial charge in [-0.2, -0.15) is 0 Å². The summed E-state index contributed by atoms with van der Waals surface area (Å²) >= 11 is 3.50. The molecule has 1 heterocycles. The average molecular weight is 447 g/mol. The Hall–Kier alpha value is -2.51. The maximum atomic E-state index is 11.8. The van der Waals surface area contributed by atoms with E-state index in [0.717, 1.165) is 26.5 Å². The molecule has 28 heavy (non-hydrogen) atoms. The molecule has 1 unspecified atom stereocenters. The lowest BCUT2D eigenvalue weighted by molar-refractivity contribution is -0.139.